The lowest BCUT2D eigenvalue weighted by Gasteiger charge is -2.09. The van der Waals surface area contributed by atoms with Crippen molar-refractivity contribution in [1.29, 1.82) is 0 Å². The van der Waals surface area contributed by atoms with Crippen LogP contribution < -0.4 is 10.5 Å². The Balaban J connectivity index is 2.87. The normalized spacial score (nSPS) is 13.1. The summed E-state index contributed by atoms with van der Waals surface area (Å²) in [6.07, 6.45) is 0. The van der Waals surface area contributed by atoms with Crippen LogP contribution in [0.2, 0.25) is 5.02 Å². The molecule has 0 fully saturated rings. The minimum atomic E-state index is -3.74. The molecule has 0 bridgehead atoms. The van der Waals surface area contributed by atoms with E-state index in [0.29, 0.717) is 11.3 Å². The number of nitrogens with one attached hydrogen (secondary N) is 1. The molecule has 0 aliphatic carbocycles. The van der Waals surface area contributed by atoms with Gasteiger partial charge in [-0.2, -0.15) is 0 Å². The molecule has 1 aromatic carbocycles. The Labute approximate surface area is 131 Å². The maximum atomic E-state index is 12.0. The highest BCUT2D eigenvalue weighted by atomic mass is 35.5. The van der Waals surface area contributed by atoms with Gasteiger partial charge in [-0.15, -0.1) is 0 Å². The highest BCUT2D eigenvalue weighted by Gasteiger charge is 2.18. The molecule has 3 N–H and O–H groups in total. The van der Waals surface area contributed by atoms with Gasteiger partial charge in [0.15, 0.2) is 0 Å². The van der Waals surface area contributed by atoms with Gasteiger partial charge >= 0.3 is 0 Å². The summed E-state index contributed by atoms with van der Waals surface area (Å²) in [5.74, 6) is 0.753. The van der Waals surface area contributed by atoms with E-state index in [2.05, 4.69) is 4.72 Å². The zero-order valence-electron chi connectivity index (χ0n) is 10.8. The molecule has 0 spiro atoms. The first-order valence-corrected chi connectivity index (χ1v) is 9.47. The molecule has 20 heavy (non-hydrogen) atoms. The molecule has 112 valence electrons. The summed E-state index contributed by atoms with van der Waals surface area (Å²) in [5.41, 5.74) is 5.94. The molecule has 0 amide bonds. The van der Waals surface area contributed by atoms with Crippen molar-refractivity contribution in [3.63, 3.8) is 0 Å². The van der Waals surface area contributed by atoms with E-state index in [0.717, 1.165) is 0 Å². The monoisotopic (exact) mass is 354 g/mol. The topological polar surface area (TPSA) is 89.3 Å². The number of hydrogen-bond acceptors (Lipinski definition) is 4. The smallest absolute Gasteiger partial charge is 0.242 e. The van der Waals surface area contributed by atoms with E-state index < -0.39 is 20.8 Å². The molecular formula is C11H15ClN2O3S3. The Morgan fingerprint density at radius 1 is 1.50 bits per heavy atom. The summed E-state index contributed by atoms with van der Waals surface area (Å²) in [6, 6.07) is 4.24. The summed E-state index contributed by atoms with van der Waals surface area (Å²) < 4.78 is 37.7. The van der Waals surface area contributed by atoms with Crippen molar-refractivity contribution in [2.75, 3.05) is 18.1 Å². The second-order valence-electron chi connectivity index (χ2n) is 3.84. The second-order valence-corrected chi connectivity index (χ2v) is 8.29. The fourth-order valence-electron chi connectivity index (χ4n) is 1.38. The van der Waals surface area contributed by atoms with Crippen molar-refractivity contribution in [3.05, 3.63) is 28.8 Å². The van der Waals surface area contributed by atoms with E-state index in [1.807, 2.05) is 0 Å². The maximum Gasteiger partial charge on any atom is 0.242 e. The Morgan fingerprint density at radius 2 is 2.15 bits per heavy atom. The predicted molar refractivity (Wildman–Crippen MR) is 86.1 cm³/mol. The van der Waals surface area contributed by atoms with Gasteiger partial charge in [-0.05, 0) is 12.1 Å². The van der Waals surface area contributed by atoms with Gasteiger partial charge in [-0.1, -0.05) is 36.8 Å². The van der Waals surface area contributed by atoms with Gasteiger partial charge < -0.3 is 5.73 Å². The van der Waals surface area contributed by atoms with Gasteiger partial charge in [0.25, 0.3) is 0 Å². The van der Waals surface area contributed by atoms with Crippen LogP contribution in [0.3, 0.4) is 0 Å². The summed E-state index contributed by atoms with van der Waals surface area (Å²) in [4.78, 5) is 0.0867. The molecule has 1 atom stereocenters. The minimum absolute atomic E-state index is 0.0411. The number of sulfonamides is 1. The van der Waals surface area contributed by atoms with Gasteiger partial charge in [-0.3, -0.25) is 4.21 Å². The molecule has 1 unspecified atom stereocenters. The van der Waals surface area contributed by atoms with E-state index in [-0.39, 0.29) is 27.2 Å². The van der Waals surface area contributed by atoms with Crippen molar-refractivity contribution < 1.29 is 12.6 Å². The van der Waals surface area contributed by atoms with Crippen molar-refractivity contribution in [2.45, 2.75) is 11.8 Å². The summed E-state index contributed by atoms with van der Waals surface area (Å²) in [5, 5.41) is 0.0411. The molecule has 5 nitrogen and oxygen atoms in total. The van der Waals surface area contributed by atoms with Crippen LogP contribution in [0, 0.1) is 0 Å². The molecule has 0 radical (unpaired) electrons. The standard InChI is InChI=1S/C11H15ClN2O3S3/c1-2-19(15)6-5-14-20(16,17)10-4-3-8(11(13)18)7-9(10)12/h3-4,7,14H,2,5-6H2,1H3,(H2,13,18). The van der Waals surface area contributed by atoms with Crippen LogP contribution >= 0.6 is 23.8 Å². The Kier molecular flexibility index (Phi) is 6.53. The zero-order valence-corrected chi connectivity index (χ0v) is 14.0. The third-order valence-corrected chi connectivity index (χ3v) is 5.93. The third kappa shape index (κ3) is 4.78. The highest BCUT2D eigenvalue weighted by Crippen LogP contribution is 2.22. The molecule has 9 heteroatoms. The fraction of sp³-hybridized carbons (Fsp3) is 0.364. The predicted octanol–water partition coefficient (Wildman–Crippen LogP) is 1.02. The number of rotatable bonds is 7. The van der Waals surface area contributed by atoms with Crippen molar-refractivity contribution >= 4 is 49.6 Å². The second kappa shape index (κ2) is 7.46. The first-order valence-electron chi connectivity index (χ1n) is 5.72. The van der Waals surface area contributed by atoms with Crippen LogP contribution in [-0.4, -0.2) is 35.7 Å². The summed E-state index contributed by atoms with van der Waals surface area (Å²) in [6.45, 7) is 1.87. The molecule has 1 rings (SSSR count). The van der Waals surface area contributed by atoms with E-state index in [4.69, 9.17) is 29.6 Å². The van der Waals surface area contributed by atoms with Gasteiger partial charge in [0.2, 0.25) is 10.0 Å². The maximum absolute atomic E-state index is 12.0. The third-order valence-electron chi connectivity index (χ3n) is 2.45. The number of halogens is 1. The minimum Gasteiger partial charge on any atom is -0.389 e. The van der Waals surface area contributed by atoms with Gasteiger partial charge in [0, 0.05) is 34.4 Å². The lowest BCUT2D eigenvalue weighted by atomic mass is 10.2. The Bertz CT molecular complexity index is 632. The molecule has 0 aliphatic rings. The Hall–Kier alpha value is -0.540. The molecule has 0 heterocycles. The number of thiocarbonyl (C=S) groups is 1. The Morgan fingerprint density at radius 3 is 2.65 bits per heavy atom. The van der Waals surface area contributed by atoms with E-state index in [1.165, 1.54) is 18.2 Å². The van der Waals surface area contributed by atoms with Crippen LogP contribution in [0.15, 0.2) is 23.1 Å². The molecule has 0 saturated heterocycles. The SMILES string of the molecule is CCS(=O)CCNS(=O)(=O)c1ccc(C(N)=S)cc1Cl. The van der Waals surface area contributed by atoms with Gasteiger partial charge in [-0.25, -0.2) is 13.1 Å². The first-order chi connectivity index (χ1) is 9.27. The summed E-state index contributed by atoms with van der Waals surface area (Å²) >= 11 is 10.7. The average molecular weight is 355 g/mol. The molecule has 0 saturated carbocycles. The first kappa shape index (κ1) is 17.5. The van der Waals surface area contributed by atoms with E-state index >= 15 is 0 Å². The lowest BCUT2D eigenvalue weighted by Crippen LogP contribution is -2.28. The largest absolute Gasteiger partial charge is 0.389 e. The fourth-order valence-corrected chi connectivity index (χ4v) is 3.83. The number of nitrogens with two attached hydrogens (primary N) is 1. The molecule has 1 aromatic rings. The molecular weight excluding hydrogens is 340 g/mol. The quantitative estimate of drug-likeness (QED) is 0.713. The van der Waals surface area contributed by atoms with Crippen molar-refractivity contribution in [3.8, 4) is 0 Å². The molecule has 0 aromatic heterocycles. The number of benzene rings is 1. The van der Waals surface area contributed by atoms with Crippen LogP contribution in [-0.2, 0) is 20.8 Å². The van der Waals surface area contributed by atoms with Crippen LogP contribution in [0.1, 0.15) is 12.5 Å². The van der Waals surface area contributed by atoms with Crippen LogP contribution in [0.25, 0.3) is 0 Å². The van der Waals surface area contributed by atoms with Crippen molar-refractivity contribution in [2.24, 2.45) is 5.73 Å². The van der Waals surface area contributed by atoms with Crippen LogP contribution in [0.4, 0.5) is 0 Å². The van der Waals surface area contributed by atoms with Crippen LogP contribution in [0.5, 0.6) is 0 Å². The van der Waals surface area contributed by atoms with Gasteiger partial charge in [0.05, 0.1) is 5.02 Å². The lowest BCUT2D eigenvalue weighted by molar-refractivity contribution is 0.584. The van der Waals surface area contributed by atoms with Crippen molar-refractivity contribution in [1.82, 2.24) is 4.72 Å². The highest BCUT2D eigenvalue weighted by molar-refractivity contribution is 7.89. The summed E-state index contributed by atoms with van der Waals surface area (Å²) in [7, 11) is -4.76. The van der Waals surface area contributed by atoms with Gasteiger partial charge in [0.1, 0.15) is 9.88 Å². The molecule has 0 aliphatic heterocycles. The van der Waals surface area contributed by atoms with E-state index in [1.54, 1.807) is 6.92 Å². The van der Waals surface area contributed by atoms with E-state index in [9.17, 15) is 12.6 Å². The number of hydrogen-bond donors (Lipinski definition) is 2. The zero-order chi connectivity index (χ0) is 15.3. The average Bonchev–Trinajstić information content (AvgIpc) is 2.37.